The summed E-state index contributed by atoms with van der Waals surface area (Å²) in [6.45, 7) is 1.80. The Morgan fingerprint density at radius 2 is 1.62 bits per heavy atom. The zero-order chi connectivity index (χ0) is 16.8. The Kier molecular flexibility index (Phi) is 5.65. The molecule has 24 heavy (non-hydrogen) atoms. The average Bonchev–Trinajstić information content (AvgIpc) is 3.02. The smallest absolute Gasteiger partial charge is 0.306 e. The number of likely N-dealkylation sites (N-methyl/N-ethyl adjacent to an activating group) is 1. The van der Waals surface area contributed by atoms with Gasteiger partial charge in [-0.2, -0.15) is 0 Å². The van der Waals surface area contributed by atoms with Crippen LogP contribution in [-0.4, -0.2) is 37.1 Å². The van der Waals surface area contributed by atoms with Crippen molar-refractivity contribution in [3.8, 4) is 0 Å². The molecule has 1 aliphatic heterocycles. The van der Waals surface area contributed by atoms with Gasteiger partial charge in [-0.05, 0) is 37.6 Å². The van der Waals surface area contributed by atoms with E-state index in [1.807, 2.05) is 0 Å². The van der Waals surface area contributed by atoms with Crippen molar-refractivity contribution in [3.63, 3.8) is 0 Å². The van der Waals surface area contributed by atoms with Gasteiger partial charge in [-0.3, -0.25) is 4.79 Å². The second-order valence-electron chi connectivity index (χ2n) is 6.58. The van der Waals surface area contributed by atoms with E-state index in [0.717, 1.165) is 25.9 Å². The van der Waals surface area contributed by atoms with Crippen LogP contribution in [0.2, 0.25) is 0 Å². The number of carbonyl (C=O) groups is 1. The highest BCUT2D eigenvalue weighted by atomic mass is 16.5. The van der Waals surface area contributed by atoms with Crippen molar-refractivity contribution in [3.05, 3.63) is 71.8 Å². The van der Waals surface area contributed by atoms with Gasteiger partial charge in [0.15, 0.2) is 0 Å². The first-order valence-corrected chi connectivity index (χ1v) is 8.70. The molecule has 0 aliphatic carbocycles. The number of benzene rings is 2. The van der Waals surface area contributed by atoms with E-state index in [9.17, 15) is 4.79 Å². The Morgan fingerprint density at radius 1 is 1.04 bits per heavy atom. The molecule has 1 fully saturated rings. The Balaban J connectivity index is 1.63. The van der Waals surface area contributed by atoms with Crippen LogP contribution in [0.15, 0.2) is 60.7 Å². The molecule has 1 atom stereocenters. The van der Waals surface area contributed by atoms with E-state index in [2.05, 4.69) is 72.6 Å². The number of rotatable bonds is 7. The summed E-state index contributed by atoms with van der Waals surface area (Å²) in [4.78, 5) is 13.5. The van der Waals surface area contributed by atoms with Crippen molar-refractivity contribution >= 4 is 5.97 Å². The van der Waals surface area contributed by atoms with Crippen LogP contribution in [0.4, 0.5) is 0 Å². The molecule has 0 bridgehead atoms. The monoisotopic (exact) mass is 323 g/mol. The van der Waals surface area contributed by atoms with E-state index in [1.54, 1.807) is 0 Å². The Labute approximate surface area is 144 Å². The minimum Gasteiger partial charge on any atom is -0.461 e. The number of esters is 1. The van der Waals surface area contributed by atoms with Gasteiger partial charge < -0.3 is 9.64 Å². The van der Waals surface area contributed by atoms with Gasteiger partial charge >= 0.3 is 5.97 Å². The maximum Gasteiger partial charge on any atom is 0.306 e. The predicted octanol–water partition coefficient (Wildman–Crippen LogP) is 3.85. The first-order chi connectivity index (χ1) is 11.7. The van der Waals surface area contributed by atoms with Crippen molar-refractivity contribution in [2.24, 2.45) is 0 Å². The minimum absolute atomic E-state index is 0.0557. The molecule has 3 rings (SSSR count). The van der Waals surface area contributed by atoms with Crippen molar-refractivity contribution in [1.82, 2.24) is 4.90 Å². The van der Waals surface area contributed by atoms with Gasteiger partial charge in [-0.1, -0.05) is 60.7 Å². The average molecular weight is 323 g/mol. The zero-order valence-corrected chi connectivity index (χ0v) is 14.2. The first-order valence-electron chi connectivity index (χ1n) is 8.70. The van der Waals surface area contributed by atoms with Crippen LogP contribution < -0.4 is 0 Å². The molecule has 0 spiro atoms. The lowest BCUT2D eigenvalue weighted by Gasteiger charge is -2.24. The molecule has 1 heterocycles. The molecule has 0 N–H and O–H groups in total. The van der Waals surface area contributed by atoms with Crippen molar-refractivity contribution in [2.75, 3.05) is 20.1 Å². The molecule has 0 radical (unpaired) electrons. The summed E-state index contributed by atoms with van der Waals surface area (Å²) in [5.74, 6) is 0.334. The third kappa shape index (κ3) is 4.45. The van der Waals surface area contributed by atoms with E-state index < -0.39 is 0 Å². The molecule has 1 saturated heterocycles. The summed E-state index contributed by atoms with van der Waals surface area (Å²) in [6.07, 6.45) is 2.53. The van der Waals surface area contributed by atoms with Gasteiger partial charge in [-0.15, -0.1) is 0 Å². The SMILES string of the molecule is CN(CCC(c1ccccc1)c1ccccc1)C[C@@H]1CCC(=O)O1. The van der Waals surface area contributed by atoms with E-state index in [-0.39, 0.29) is 12.1 Å². The summed E-state index contributed by atoms with van der Waals surface area (Å²) in [6, 6.07) is 21.4. The topological polar surface area (TPSA) is 29.5 Å². The molecule has 0 aromatic heterocycles. The Hall–Kier alpha value is -2.13. The van der Waals surface area contributed by atoms with Crippen molar-refractivity contribution in [2.45, 2.75) is 31.3 Å². The summed E-state index contributed by atoms with van der Waals surface area (Å²) in [7, 11) is 2.11. The highest BCUT2D eigenvalue weighted by Crippen LogP contribution is 2.28. The summed E-state index contributed by atoms with van der Waals surface area (Å²) < 4.78 is 5.33. The quantitative estimate of drug-likeness (QED) is 0.725. The fraction of sp³-hybridized carbons (Fsp3) is 0.381. The highest BCUT2D eigenvalue weighted by Gasteiger charge is 2.24. The lowest BCUT2D eigenvalue weighted by atomic mass is 9.88. The summed E-state index contributed by atoms with van der Waals surface area (Å²) in [5, 5.41) is 0. The highest BCUT2D eigenvalue weighted by molar-refractivity contribution is 5.71. The molecule has 126 valence electrons. The van der Waals surface area contributed by atoms with Gasteiger partial charge in [0.2, 0.25) is 0 Å². The number of hydrogen-bond acceptors (Lipinski definition) is 3. The van der Waals surface area contributed by atoms with Gasteiger partial charge in [0, 0.05) is 18.9 Å². The Bertz CT molecular complexity index is 602. The third-order valence-electron chi connectivity index (χ3n) is 4.69. The second kappa shape index (κ2) is 8.11. The zero-order valence-electron chi connectivity index (χ0n) is 14.2. The summed E-state index contributed by atoms with van der Waals surface area (Å²) in [5.41, 5.74) is 2.70. The molecule has 0 saturated carbocycles. The number of carbonyl (C=O) groups excluding carboxylic acids is 1. The molecule has 3 nitrogen and oxygen atoms in total. The normalized spacial score (nSPS) is 17.5. The van der Waals surface area contributed by atoms with Crippen molar-refractivity contribution < 1.29 is 9.53 Å². The van der Waals surface area contributed by atoms with Crippen LogP contribution in [0.25, 0.3) is 0 Å². The van der Waals surface area contributed by atoms with E-state index in [0.29, 0.717) is 12.3 Å². The molecule has 1 aliphatic rings. The fourth-order valence-corrected chi connectivity index (χ4v) is 3.40. The van der Waals surface area contributed by atoms with E-state index >= 15 is 0 Å². The molecular weight excluding hydrogens is 298 g/mol. The van der Waals surface area contributed by atoms with Crippen LogP contribution >= 0.6 is 0 Å². The maximum atomic E-state index is 11.2. The lowest BCUT2D eigenvalue weighted by Crippen LogP contribution is -2.30. The second-order valence-corrected chi connectivity index (χ2v) is 6.58. The summed E-state index contributed by atoms with van der Waals surface area (Å²) >= 11 is 0. The van der Waals surface area contributed by atoms with Gasteiger partial charge in [-0.25, -0.2) is 0 Å². The predicted molar refractivity (Wildman–Crippen MR) is 96.0 cm³/mol. The largest absolute Gasteiger partial charge is 0.461 e. The first kappa shape index (κ1) is 16.7. The third-order valence-corrected chi connectivity index (χ3v) is 4.69. The molecule has 3 heteroatoms. The molecule has 0 amide bonds. The number of ether oxygens (including phenoxy) is 1. The van der Waals surface area contributed by atoms with Gasteiger partial charge in [0.25, 0.3) is 0 Å². The van der Waals surface area contributed by atoms with Crippen molar-refractivity contribution in [1.29, 1.82) is 0 Å². The fourth-order valence-electron chi connectivity index (χ4n) is 3.40. The Morgan fingerprint density at radius 3 is 2.12 bits per heavy atom. The van der Waals surface area contributed by atoms with Crippen LogP contribution in [0.3, 0.4) is 0 Å². The number of hydrogen-bond donors (Lipinski definition) is 0. The maximum absolute atomic E-state index is 11.2. The van der Waals surface area contributed by atoms with Crippen LogP contribution in [-0.2, 0) is 9.53 Å². The van der Waals surface area contributed by atoms with E-state index in [1.165, 1.54) is 11.1 Å². The van der Waals surface area contributed by atoms with Gasteiger partial charge in [0.1, 0.15) is 6.10 Å². The molecule has 2 aromatic carbocycles. The molecule has 0 unspecified atom stereocenters. The standard InChI is InChI=1S/C21H25NO2/c1-22(16-19-12-13-21(23)24-19)15-14-20(17-8-4-2-5-9-17)18-10-6-3-7-11-18/h2-11,19-20H,12-16H2,1H3/t19-/m0/s1. The molecular formula is C21H25NO2. The number of cyclic esters (lactones) is 1. The van der Waals surface area contributed by atoms with Gasteiger partial charge in [0.05, 0.1) is 0 Å². The lowest BCUT2D eigenvalue weighted by molar-refractivity contribution is -0.141. The van der Waals surface area contributed by atoms with Crippen LogP contribution in [0.5, 0.6) is 0 Å². The minimum atomic E-state index is -0.0557. The molecule has 2 aromatic rings. The van der Waals surface area contributed by atoms with E-state index in [4.69, 9.17) is 4.74 Å². The number of nitrogens with zero attached hydrogens (tertiary/aromatic N) is 1. The van der Waals surface area contributed by atoms with Crippen LogP contribution in [0.1, 0.15) is 36.3 Å². The van der Waals surface area contributed by atoms with Crippen LogP contribution in [0, 0.1) is 0 Å².